The van der Waals surface area contributed by atoms with Crippen molar-refractivity contribution in [3.63, 3.8) is 0 Å². The average Bonchev–Trinajstić information content (AvgIpc) is 2.53. The van der Waals surface area contributed by atoms with Crippen LogP contribution >= 0.6 is 0 Å². The summed E-state index contributed by atoms with van der Waals surface area (Å²) in [5.41, 5.74) is 2.57. The van der Waals surface area contributed by atoms with Crippen LogP contribution in [0.3, 0.4) is 0 Å². The molecule has 22 heavy (non-hydrogen) atoms. The van der Waals surface area contributed by atoms with Crippen molar-refractivity contribution >= 4 is 11.5 Å². The molecular weight excluding hydrogens is 277 g/mol. The van der Waals surface area contributed by atoms with E-state index in [-0.39, 0.29) is 23.4 Å². The summed E-state index contributed by atoms with van der Waals surface area (Å²) in [5, 5.41) is 0. The molecule has 0 aromatic heterocycles. The maximum absolute atomic E-state index is 13.1. The highest BCUT2D eigenvalue weighted by Crippen LogP contribution is 2.28. The number of nitrogens with zero attached hydrogens (tertiary/aromatic N) is 1. The molecule has 0 amide bonds. The lowest BCUT2D eigenvalue weighted by atomic mass is 9.79. The van der Waals surface area contributed by atoms with Crippen molar-refractivity contribution in [3.8, 4) is 0 Å². The number of benzene rings is 2. The van der Waals surface area contributed by atoms with Crippen molar-refractivity contribution < 1.29 is 9.18 Å². The maximum Gasteiger partial charge on any atom is 0.139 e. The molecule has 0 saturated carbocycles. The Morgan fingerprint density at radius 3 is 2.14 bits per heavy atom. The summed E-state index contributed by atoms with van der Waals surface area (Å²) < 4.78 is 13.1. The van der Waals surface area contributed by atoms with Crippen LogP contribution in [0, 0.1) is 11.7 Å². The molecule has 0 fully saturated rings. The molecule has 0 spiro atoms. The van der Waals surface area contributed by atoms with Crippen LogP contribution in [0.1, 0.15) is 30.9 Å². The number of halogens is 1. The molecule has 0 aliphatic rings. The molecule has 0 bridgehead atoms. The van der Waals surface area contributed by atoms with Gasteiger partial charge in [0.25, 0.3) is 0 Å². The van der Waals surface area contributed by atoms with E-state index in [1.807, 2.05) is 37.3 Å². The minimum absolute atomic E-state index is 0.00227. The molecule has 3 heteroatoms. The van der Waals surface area contributed by atoms with E-state index in [9.17, 15) is 9.18 Å². The Morgan fingerprint density at radius 2 is 1.64 bits per heavy atom. The van der Waals surface area contributed by atoms with Gasteiger partial charge in [-0.1, -0.05) is 49.4 Å². The monoisotopic (exact) mass is 297 g/mol. The Morgan fingerprint density at radius 1 is 1.05 bits per heavy atom. The van der Waals surface area contributed by atoms with Crippen LogP contribution in [-0.2, 0) is 4.79 Å². The summed E-state index contributed by atoms with van der Waals surface area (Å²) in [6.45, 7) is 3.61. The summed E-state index contributed by atoms with van der Waals surface area (Å²) >= 11 is 0. The number of rotatable bonds is 5. The van der Waals surface area contributed by atoms with Gasteiger partial charge in [-0.2, -0.15) is 0 Å². The van der Waals surface area contributed by atoms with E-state index in [2.05, 4.69) is 4.99 Å². The Kier molecular flexibility index (Phi) is 5.21. The standard InChI is InChI=1S/C19H20FNO/c1-13(15-7-5-4-6-8-15)18(14(2)22)19(21-3)16-9-11-17(20)12-10-16/h4-13,18H,1-3H3. The first-order chi connectivity index (χ1) is 10.5. The topological polar surface area (TPSA) is 29.4 Å². The third-order valence-electron chi connectivity index (χ3n) is 3.94. The van der Waals surface area contributed by atoms with Crippen molar-refractivity contribution in [2.45, 2.75) is 19.8 Å². The fourth-order valence-electron chi connectivity index (χ4n) is 2.80. The summed E-state index contributed by atoms with van der Waals surface area (Å²) in [4.78, 5) is 16.6. The molecule has 0 aliphatic carbocycles. The molecule has 2 unspecified atom stereocenters. The second-order valence-corrected chi connectivity index (χ2v) is 5.40. The number of carbonyl (C=O) groups is 1. The van der Waals surface area contributed by atoms with E-state index < -0.39 is 0 Å². The minimum Gasteiger partial charge on any atom is -0.299 e. The summed E-state index contributed by atoms with van der Waals surface area (Å²) in [5.74, 6) is -0.587. The lowest BCUT2D eigenvalue weighted by Gasteiger charge is -2.24. The van der Waals surface area contributed by atoms with Gasteiger partial charge in [0.05, 0.1) is 11.6 Å². The van der Waals surface area contributed by atoms with E-state index in [0.29, 0.717) is 5.71 Å². The highest BCUT2D eigenvalue weighted by molar-refractivity contribution is 6.13. The molecule has 0 radical (unpaired) electrons. The number of Topliss-reactive ketones (excluding diaryl/α,β-unsaturated/α-hetero) is 1. The molecule has 2 aromatic carbocycles. The normalized spacial score (nSPS) is 14.5. The minimum atomic E-state index is -0.349. The van der Waals surface area contributed by atoms with E-state index in [1.54, 1.807) is 26.1 Å². The lowest BCUT2D eigenvalue weighted by Crippen LogP contribution is -2.28. The van der Waals surface area contributed by atoms with Gasteiger partial charge in [0, 0.05) is 7.05 Å². The van der Waals surface area contributed by atoms with Crippen molar-refractivity contribution in [1.29, 1.82) is 0 Å². The third-order valence-corrected chi connectivity index (χ3v) is 3.94. The molecule has 2 atom stereocenters. The first-order valence-electron chi connectivity index (χ1n) is 7.32. The fraction of sp³-hybridized carbons (Fsp3) is 0.263. The number of ketones is 1. The number of aliphatic imine (C=N–C) groups is 1. The zero-order valence-electron chi connectivity index (χ0n) is 13.1. The second-order valence-electron chi connectivity index (χ2n) is 5.40. The van der Waals surface area contributed by atoms with E-state index in [1.165, 1.54) is 12.1 Å². The van der Waals surface area contributed by atoms with Crippen molar-refractivity contribution in [3.05, 3.63) is 71.5 Å². The molecule has 0 N–H and O–H groups in total. The first kappa shape index (κ1) is 16.1. The zero-order valence-corrected chi connectivity index (χ0v) is 13.1. The first-order valence-corrected chi connectivity index (χ1v) is 7.32. The van der Waals surface area contributed by atoms with Gasteiger partial charge >= 0.3 is 0 Å². The van der Waals surface area contributed by atoms with Crippen molar-refractivity contribution in [2.75, 3.05) is 7.05 Å². The van der Waals surface area contributed by atoms with Crippen LogP contribution in [-0.4, -0.2) is 18.5 Å². The molecule has 0 saturated heterocycles. The Bertz CT molecular complexity index is 662. The van der Waals surface area contributed by atoms with Gasteiger partial charge in [-0.25, -0.2) is 4.39 Å². The van der Waals surface area contributed by atoms with Gasteiger partial charge in [-0.3, -0.25) is 9.79 Å². The predicted octanol–water partition coefficient (Wildman–Crippen LogP) is 4.25. The Hall–Kier alpha value is -2.29. The lowest BCUT2D eigenvalue weighted by molar-refractivity contribution is -0.119. The number of hydrogen-bond donors (Lipinski definition) is 0. The maximum atomic E-state index is 13.1. The van der Waals surface area contributed by atoms with Crippen LogP contribution < -0.4 is 0 Å². The Balaban J connectivity index is 2.42. The highest BCUT2D eigenvalue weighted by Gasteiger charge is 2.29. The summed E-state index contributed by atoms with van der Waals surface area (Å²) in [6, 6.07) is 16.0. The quantitative estimate of drug-likeness (QED) is 0.758. The Labute approximate surface area is 130 Å². The SMILES string of the molecule is CN=C(c1ccc(F)cc1)C(C(C)=O)C(C)c1ccccc1. The van der Waals surface area contributed by atoms with E-state index in [0.717, 1.165) is 11.1 Å². The van der Waals surface area contributed by atoms with Gasteiger partial charge in [0.1, 0.15) is 11.6 Å². The number of hydrogen-bond acceptors (Lipinski definition) is 2. The van der Waals surface area contributed by atoms with Gasteiger partial charge in [-0.05, 0) is 36.1 Å². The summed E-state index contributed by atoms with van der Waals surface area (Å²) in [7, 11) is 1.67. The molecule has 2 aromatic rings. The molecule has 0 heterocycles. The van der Waals surface area contributed by atoms with E-state index in [4.69, 9.17) is 0 Å². The van der Waals surface area contributed by atoms with Gasteiger partial charge in [0.2, 0.25) is 0 Å². The smallest absolute Gasteiger partial charge is 0.139 e. The van der Waals surface area contributed by atoms with Crippen molar-refractivity contribution in [1.82, 2.24) is 0 Å². The molecule has 2 nitrogen and oxygen atoms in total. The molecule has 2 rings (SSSR count). The van der Waals surface area contributed by atoms with Crippen LogP contribution in [0.4, 0.5) is 4.39 Å². The molecular formula is C19H20FNO. The van der Waals surface area contributed by atoms with E-state index >= 15 is 0 Å². The zero-order chi connectivity index (χ0) is 16.1. The predicted molar refractivity (Wildman–Crippen MR) is 87.9 cm³/mol. The highest BCUT2D eigenvalue weighted by atomic mass is 19.1. The molecule has 114 valence electrons. The van der Waals surface area contributed by atoms with Crippen LogP contribution in [0.15, 0.2) is 59.6 Å². The van der Waals surface area contributed by atoms with Gasteiger partial charge in [-0.15, -0.1) is 0 Å². The van der Waals surface area contributed by atoms with Crippen LogP contribution in [0.2, 0.25) is 0 Å². The fourth-order valence-corrected chi connectivity index (χ4v) is 2.80. The largest absolute Gasteiger partial charge is 0.299 e. The number of carbonyl (C=O) groups excluding carboxylic acids is 1. The second kappa shape index (κ2) is 7.12. The summed E-state index contributed by atoms with van der Waals surface area (Å²) in [6.07, 6.45) is 0. The van der Waals surface area contributed by atoms with Crippen LogP contribution in [0.5, 0.6) is 0 Å². The van der Waals surface area contributed by atoms with Gasteiger partial charge < -0.3 is 0 Å². The molecule has 0 aliphatic heterocycles. The van der Waals surface area contributed by atoms with Crippen LogP contribution in [0.25, 0.3) is 0 Å². The third kappa shape index (κ3) is 3.48. The van der Waals surface area contributed by atoms with Gasteiger partial charge in [0.15, 0.2) is 0 Å². The van der Waals surface area contributed by atoms with Crippen molar-refractivity contribution in [2.24, 2.45) is 10.9 Å². The average molecular weight is 297 g/mol.